The number of hydrogen-bond donors (Lipinski definition) is 0. The van der Waals surface area contributed by atoms with Crippen molar-refractivity contribution in [3.8, 4) is 68.3 Å². The predicted molar refractivity (Wildman–Crippen MR) is 688 cm³/mol. The lowest BCUT2D eigenvalue weighted by Gasteiger charge is -2.06. The van der Waals surface area contributed by atoms with Crippen LogP contribution in [0.25, 0.3) is 68.3 Å². The average Bonchev–Trinajstić information content (AvgIpc) is 1.60. The van der Waals surface area contributed by atoms with Gasteiger partial charge in [0.1, 0.15) is 0 Å². The molecular formula is C128H210S16. The van der Waals surface area contributed by atoms with Crippen LogP contribution in [0.15, 0.2) is 98.5 Å². The summed E-state index contributed by atoms with van der Waals surface area (Å²) in [6, 6.07) is 21.4. The zero-order valence-electron chi connectivity index (χ0n) is 93.5. The quantitative estimate of drug-likeness (QED) is 0.0270. The Labute approximate surface area is 956 Å². The Morgan fingerprint density at radius 3 is 0.403 bits per heavy atom. The topological polar surface area (TPSA) is 0 Å². The maximum atomic E-state index is 2.79. The average molecular weight is 2260 g/mol. The molecule has 0 saturated carbocycles. The predicted octanol–water partition coefficient (Wildman–Crippen LogP) is 54.0. The van der Waals surface area contributed by atoms with Crippen LogP contribution in [0.3, 0.4) is 0 Å². The maximum absolute atomic E-state index is 2.79. The van der Waals surface area contributed by atoms with Gasteiger partial charge in [-0.25, -0.2) is 0 Å². The highest BCUT2D eigenvalue weighted by Gasteiger charge is 2.29. The van der Waals surface area contributed by atoms with Crippen LogP contribution in [0.5, 0.6) is 0 Å². The summed E-state index contributed by atoms with van der Waals surface area (Å²) < 4.78 is 0. The fourth-order valence-electron chi connectivity index (χ4n) is 19.9. The van der Waals surface area contributed by atoms with Gasteiger partial charge in [-0.15, -0.1) is 185 Å². The molecule has 0 bridgehead atoms. The molecule has 0 unspecified atom stereocenters. The summed E-state index contributed by atoms with van der Waals surface area (Å²) in [6.45, 7) is 18.8. The van der Waals surface area contributed by atoms with Crippen molar-refractivity contribution in [2.75, 3.05) is 46.0 Å². The van der Waals surface area contributed by atoms with Crippen LogP contribution in [0.4, 0.5) is 0 Å². The molecular weight excluding hydrogens is 2050 g/mol. The van der Waals surface area contributed by atoms with Crippen LogP contribution in [0, 0.1) is 0 Å². The van der Waals surface area contributed by atoms with Crippen molar-refractivity contribution in [2.45, 2.75) is 608 Å². The largest absolute Gasteiger partial charge is 0.142 e. The smallest absolute Gasteiger partial charge is 0.0596 e. The van der Waals surface area contributed by atoms with Crippen LogP contribution in [-0.4, -0.2) is 46.0 Å². The summed E-state index contributed by atoms with van der Waals surface area (Å²) in [5.41, 5.74) is 0. The molecule has 0 atom stereocenters. The lowest BCUT2D eigenvalue weighted by atomic mass is 10.1. The lowest BCUT2D eigenvalue weighted by Crippen LogP contribution is -1.85. The number of rotatable bonds is 103. The lowest BCUT2D eigenvalue weighted by molar-refractivity contribution is 0.563. The van der Waals surface area contributed by atoms with E-state index in [1.54, 1.807) is 48.8 Å². The molecule has 0 aliphatic carbocycles. The van der Waals surface area contributed by atoms with E-state index >= 15 is 0 Å². The van der Waals surface area contributed by atoms with Gasteiger partial charge in [0.25, 0.3) is 0 Å². The minimum atomic E-state index is 1.19. The molecule has 818 valence electrons. The van der Waals surface area contributed by atoms with E-state index in [9.17, 15) is 0 Å². The zero-order valence-corrected chi connectivity index (χ0v) is 107. The van der Waals surface area contributed by atoms with Gasteiger partial charge in [0.05, 0.1) is 39.0 Å². The number of thiophene rings is 8. The molecule has 0 nitrogen and oxygen atoms in total. The summed E-state index contributed by atoms with van der Waals surface area (Å²) in [5, 5.41) is 4.84. The molecule has 8 rings (SSSR count). The molecule has 8 heterocycles. The third-order valence-corrected chi connectivity index (χ3v) is 49.0. The molecule has 8 aromatic heterocycles. The fourth-order valence-corrected chi connectivity index (χ4v) is 40.3. The number of unbranched alkanes of at least 4 members (excludes halogenated alkanes) is 72. The van der Waals surface area contributed by atoms with Gasteiger partial charge in [-0.2, -0.15) is 0 Å². The van der Waals surface area contributed by atoms with Crippen LogP contribution in [0.1, 0.15) is 569 Å². The van der Waals surface area contributed by atoms with Crippen molar-refractivity contribution in [3.63, 3.8) is 0 Å². The Kier molecular flexibility index (Phi) is 80.4. The van der Waals surface area contributed by atoms with E-state index < -0.39 is 0 Å². The molecule has 0 aromatic carbocycles. The van der Waals surface area contributed by atoms with Crippen molar-refractivity contribution in [2.24, 2.45) is 0 Å². The second-order valence-corrected chi connectivity index (χ2v) is 59.5. The van der Waals surface area contributed by atoms with E-state index in [0.29, 0.717) is 0 Å². The van der Waals surface area contributed by atoms with Gasteiger partial charge in [0, 0.05) is 68.4 Å². The third-order valence-electron chi connectivity index (χ3n) is 29.0. The molecule has 0 amide bonds. The highest BCUT2D eigenvalue weighted by Crippen LogP contribution is 2.59. The van der Waals surface area contributed by atoms with E-state index in [2.05, 4.69) is 277 Å². The van der Waals surface area contributed by atoms with Gasteiger partial charge in [-0.05, 0) is 157 Å². The molecule has 144 heavy (non-hydrogen) atoms. The first-order valence-electron chi connectivity index (χ1n) is 61.4. The van der Waals surface area contributed by atoms with Gasteiger partial charge >= 0.3 is 0 Å². The fraction of sp³-hybridized carbons (Fsp3) is 0.750. The van der Waals surface area contributed by atoms with Crippen LogP contribution < -0.4 is 0 Å². The van der Waals surface area contributed by atoms with Crippen LogP contribution in [0.2, 0.25) is 0 Å². The molecule has 16 heteroatoms. The van der Waals surface area contributed by atoms with Crippen molar-refractivity contribution < 1.29 is 0 Å². The highest BCUT2D eigenvalue weighted by molar-refractivity contribution is 8.01. The molecule has 0 radical (unpaired) electrons. The molecule has 0 aliphatic heterocycles. The van der Waals surface area contributed by atoms with Crippen molar-refractivity contribution in [1.29, 1.82) is 0 Å². The minimum absolute atomic E-state index is 1.19. The Morgan fingerprint density at radius 1 is 0.132 bits per heavy atom. The Morgan fingerprint density at radius 2 is 0.250 bits per heavy atom. The molecule has 0 spiro atoms. The Bertz CT molecular complexity index is 3990. The first-order valence-corrected chi connectivity index (χ1v) is 75.9. The first-order chi connectivity index (χ1) is 71.4. The van der Waals surface area contributed by atoms with E-state index in [1.165, 1.54) is 618 Å². The first kappa shape index (κ1) is 130. The summed E-state index contributed by atoms with van der Waals surface area (Å²) in [7, 11) is 0. The Hall–Kier alpha value is 0.400. The molecule has 0 N–H and O–H groups in total. The monoisotopic (exact) mass is 2260 g/mol. The van der Waals surface area contributed by atoms with Gasteiger partial charge < -0.3 is 0 Å². The molecule has 8 aromatic rings. The summed E-state index contributed by atoms with van der Waals surface area (Å²) in [5.74, 6) is 9.63. The number of hydrogen-bond acceptors (Lipinski definition) is 16. The van der Waals surface area contributed by atoms with E-state index in [-0.39, 0.29) is 0 Å². The van der Waals surface area contributed by atoms with E-state index in [1.807, 2.05) is 22.7 Å². The normalized spacial score (nSPS) is 11.9. The maximum Gasteiger partial charge on any atom is 0.0596 e. The SMILES string of the molecule is CCCCCCCCCCCCSc1ccsc1-c1cc(SCCCCCCCCCCCC)c(-c2cc(SCCCCCCCCCCCC)c(-c3cc(SCCCCCCCCCCCC)c(-c4sc(-c5sc(-c6sc(-c7sccc7SCCCCCCCCCCCC)cc6SCCCCCCCCCCCC)cc5SCCCCCCCCCCCC)cc4SCCCCCCCCCCCC)s3)s2)s1. The highest BCUT2D eigenvalue weighted by atomic mass is 32.2. The van der Waals surface area contributed by atoms with Gasteiger partial charge in [-0.1, -0.05) is 518 Å². The summed E-state index contributed by atoms with van der Waals surface area (Å²) >= 11 is 34.7. The second kappa shape index (κ2) is 89.4. The molecule has 0 fully saturated rings. The summed E-state index contributed by atoms with van der Waals surface area (Å²) in [4.78, 5) is 33.7. The Balaban J connectivity index is 1.23. The van der Waals surface area contributed by atoms with Crippen molar-refractivity contribution in [3.05, 3.63) is 59.3 Å². The van der Waals surface area contributed by atoms with Gasteiger partial charge in [-0.3, -0.25) is 0 Å². The third kappa shape index (κ3) is 56.5. The van der Waals surface area contributed by atoms with Gasteiger partial charge in [0.2, 0.25) is 0 Å². The van der Waals surface area contributed by atoms with Gasteiger partial charge in [0.15, 0.2) is 0 Å². The zero-order chi connectivity index (χ0) is 101. The van der Waals surface area contributed by atoms with E-state index in [0.717, 1.165) is 0 Å². The second-order valence-electron chi connectivity index (χ2n) is 42.3. The van der Waals surface area contributed by atoms with Crippen molar-refractivity contribution >= 4 is 185 Å². The summed E-state index contributed by atoms with van der Waals surface area (Å²) in [6.07, 6.45) is 111. The molecule has 0 saturated heterocycles. The standard InChI is InChI=1S/C128H210S16/c1-9-17-25-33-41-49-57-65-73-81-91-129-107-89-99-137-121(107)115-101-109(131-93-83-75-67-59-51-43-35-27-19-11-3)123(139-115)117-103-111(133-95-85-77-69-61-53-45-37-29-21-13-5)125(141-117)119-105-113(135-97-87-79-71-63-55-47-39-31-23-15-7)127(143-119)128-114(136-98-88-80-72-64-56-48-40-32-24-16-8)106-120(144-128)126-112(134-96-86-78-70-62-54-46-38-30-22-14-6)104-118(142-126)124-110(132-94-84-76-68-60-52-44-36-28-20-12-4)102-116(140-124)122-108(90-100-138-122)130-92-82-74-66-58-50-42-34-26-18-10-2/h89-90,99-106H,9-88,91-98H2,1-8H3. The minimum Gasteiger partial charge on any atom is -0.142 e. The number of thioether (sulfide) groups is 8. The van der Waals surface area contributed by atoms with Crippen LogP contribution >= 0.6 is 185 Å². The van der Waals surface area contributed by atoms with Crippen molar-refractivity contribution in [1.82, 2.24) is 0 Å². The van der Waals surface area contributed by atoms with Crippen LogP contribution in [-0.2, 0) is 0 Å². The molecule has 0 aliphatic rings. The van der Waals surface area contributed by atoms with E-state index in [4.69, 9.17) is 0 Å².